The molecule has 2 bridgehead atoms. The maximum atomic E-state index is 13.4. The molecule has 1 aromatic rings. The zero-order valence-corrected chi connectivity index (χ0v) is 16.0. The van der Waals surface area contributed by atoms with Crippen molar-refractivity contribution in [1.82, 2.24) is 10.2 Å². The van der Waals surface area contributed by atoms with Gasteiger partial charge in [-0.25, -0.2) is 0 Å². The number of nitrogens with zero attached hydrogens (tertiary/aromatic N) is 2. The molecular weight excluding hydrogens is 334 g/mol. The molecule has 5 heteroatoms. The van der Waals surface area contributed by atoms with Crippen LogP contribution >= 0.6 is 11.6 Å². The minimum Gasteiger partial charge on any atom is -0.368 e. The Bertz CT molecular complexity index is 671. The van der Waals surface area contributed by atoms with Crippen LogP contribution in [0.1, 0.15) is 38.2 Å². The third kappa shape index (κ3) is 2.83. The number of rotatable bonds is 3. The van der Waals surface area contributed by atoms with Crippen molar-refractivity contribution in [3.05, 3.63) is 28.8 Å². The molecule has 0 radical (unpaired) electrons. The molecule has 0 aliphatic carbocycles. The number of halogens is 1. The number of aryl methyl sites for hydroxylation is 1. The summed E-state index contributed by atoms with van der Waals surface area (Å²) >= 11 is 6.18. The largest absolute Gasteiger partial charge is 0.368 e. The minimum atomic E-state index is -0.156. The summed E-state index contributed by atoms with van der Waals surface area (Å²) in [4.78, 5) is 17.8. The fourth-order valence-electron chi connectivity index (χ4n) is 5.16. The molecule has 0 unspecified atom stereocenters. The van der Waals surface area contributed by atoms with Gasteiger partial charge in [-0.05, 0) is 50.3 Å². The molecule has 1 N–H and O–H groups in total. The summed E-state index contributed by atoms with van der Waals surface area (Å²) in [5.74, 6) is 0.386. The van der Waals surface area contributed by atoms with E-state index in [0.29, 0.717) is 18.0 Å². The van der Waals surface area contributed by atoms with Gasteiger partial charge in [0.2, 0.25) is 5.91 Å². The van der Waals surface area contributed by atoms with Crippen LogP contribution in [0.15, 0.2) is 18.2 Å². The van der Waals surface area contributed by atoms with E-state index in [1.807, 2.05) is 12.1 Å². The Labute approximate surface area is 155 Å². The van der Waals surface area contributed by atoms with Crippen LogP contribution < -0.4 is 10.2 Å². The molecule has 0 aromatic heterocycles. The van der Waals surface area contributed by atoms with E-state index >= 15 is 0 Å². The van der Waals surface area contributed by atoms with E-state index < -0.39 is 0 Å². The van der Waals surface area contributed by atoms with Gasteiger partial charge in [-0.3, -0.25) is 4.79 Å². The molecule has 3 aliphatic heterocycles. The average Bonchev–Trinajstić information content (AvgIpc) is 3.25. The van der Waals surface area contributed by atoms with Crippen molar-refractivity contribution in [2.75, 3.05) is 31.1 Å². The fraction of sp³-hybridized carbons (Fsp3) is 0.650. The van der Waals surface area contributed by atoms with Gasteiger partial charge in [0.25, 0.3) is 0 Å². The van der Waals surface area contributed by atoms with Crippen LogP contribution in [0.5, 0.6) is 0 Å². The van der Waals surface area contributed by atoms with Gasteiger partial charge in [-0.1, -0.05) is 24.6 Å². The van der Waals surface area contributed by atoms with E-state index in [4.69, 9.17) is 11.6 Å². The number of hydrogen-bond donors (Lipinski definition) is 1. The highest BCUT2D eigenvalue weighted by Gasteiger charge is 2.55. The molecule has 4 rings (SSSR count). The Balaban J connectivity index is 1.45. The molecular formula is C20H28ClN3O. The lowest BCUT2D eigenvalue weighted by Gasteiger charge is -2.43. The van der Waals surface area contributed by atoms with Crippen LogP contribution in [0.4, 0.5) is 5.69 Å². The normalized spacial score (nSPS) is 31.6. The third-order valence-electron chi connectivity index (χ3n) is 6.65. The second kappa shape index (κ2) is 6.48. The number of nitrogens with one attached hydrogen (secondary N) is 1. The molecule has 3 saturated heterocycles. The predicted octanol–water partition coefficient (Wildman–Crippen LogP) is 3.22. The van der Waals surface area contributed by atoms with Gasteiger partial charge in [0.05, 0.1) is 5.41 Å². The number of hydrogen-bond acceptors (Lipinski definition) is 3. The Hall–Kier alpha value is -1.26. The number of anilines is 1. The minimum absolute atomic E-state index is 0.156. The summed E-state index contributed by atoms with van der Waals surface area (Å²) in [5.41, 5.74) is 2.29. The van der Waals surface area contributed by atoms with Gasteiger partial charge in [-0.2, -0.15) is 0 Å². The van der Waals surface area contributed by atoms with Crippen LogP contribution in [-0.4, -0.2) is 49.1 Å². The van der Waals surface area contributed by atoms with Crippen LogP contribution in [0, 0.1) is 12.3 Å². The molecule has 136 valence electrons. The number of amides is 1. The summed E-state index contributed by atoms with van der Waals surface area (Å²) in [6.45, 7) is 7.69. The summed E-state index contributed by atoms with van der Waals surface area (Å²) < 4.78 is 0. The van der Waals surface area contributed by atoms with Crippen molar-refractivity contribution in [3.8, 4) is 0 Å². The lowest BCUT2D eigenvalue weighted by atomic mass is 9.70. The van der Waals surface area contributed by atoms with Crippen molar-refractivity contribution in [3.63, 3.8) is 0 Å². The monoisotopic (exact) mass is 361 g/mol. The summed E-state index contributed by atoms with van der Waals surface area (Å²) in [6, 6.07) is 7.00. The number of fused-ring (bicyclic) bond motifs is 2. The molecule has 3 atom stereocenters. The zero-order chi connectivity index (χ0) is 17.6. The molecule has 1 amide bonds. The van der Waals surface area contributed by atoms with E-state index in [1.54, 1.807) is 0 Å². The first-order chi connectivity index (χ1) is 12.0. The first kappa shape index (κ1) is 17.2. The molecule has 0 saturated carbocycles. The Morgan fingerprint density at radius 3 is 2.64 bits per heavy atom. The van der Waals surface area contributed by atoms with Crippen molar-refractivity contribution in [1.29, 1.82) is 0 Å². The van der Waals surface area contributed by atoms with Gasteiger partial charge >= 0.3 is 0 Å². The van der Waals surface area contributed by atoms with Crippen LogP contribution in [0.3, 0.4) is 0 Å². The predicted molar refractivity (Wildman–Crippen MR) is 102 cm³/mol. The maximum absolute atomic E-state index is 13.4. The highest BCUT2D eigenvalue weighted by molar-refractivity contribution is 6.30. The number of piperazine rings is 1. The SMILES string of the molecule is CC[C@@]1(C(=O)N2CCN(c3cc(Cl)ccc3C)CC2)C[C@@H]2CC[C@H]1N2. The van der Waals surface area contributed by atoms with Gasteiger partial charge in [-0.15, -0.1) is 0 Å². The number of carbonyl (C=O) groups is 1. The first-order valence-electron chi connectivity index (χ1n) is 9.60. The standard InChI is InChI=1S/C20H28ClN3O/c1-3-20(13-16-6-7-18(20)22-16)19(25)24-10-8-23(9-11-24)17-12-15(21)5-4-14(17)2/h4-5,12,16,18,22H,3,6-11,13H2,1-2H3/t16-,18+,20+/m0/s1. The third-order valence-corrected chi connectivity index (χ3v) is 6.89. The molecule has 25 heavy (non-hydrogen) atoms. The highest BCUT2D eigenvalue weighted by atomic mass is 35.5. The first-order valence-corrected chi connectivity index (χ1v) is 9.98. The second-order valence-electron chi connectivity index (χ2n) is 7.92. The average molecular weight is 362 g/mol. The molecule has 0 spiro atoms. The lowest BCUT2D eigenvalue weighted by Crippen LogP contribution is -2.56. The fourth-order valence-corrected chi connectivity index (χ4v) is 5.33. The van der Waals surface area contributed by atoms with E-state index in [-0.39, 0.29) is 5.41 Å². The Morgan fingerprint density at radius 2 is 2.04 bits per heavy atom. The molecule has 1 aromatic carbocycles. The smallest absolute Gasteiger partial charge is 0.230 e. The van der Waals surface area contributed by atoms with Gasteiger partial charge in [0.1, 0.15) is 0 Å². The van der Waals surface area contributed by atoms with E-state index in [1.165, 1.54) is 17.7 Å². The topological polar surface area (TPSA) is 35.6 Å². The number of benzene rings is 1. The van der Waals surface area contributed by atoms with Crippen molar-refractivity contribution < 1.29 is 4.79 Å². The second-order valence-corrected chi connectivity index (χ2v) is 8.35. The van der Waals surface area contributed by atoms with Crippen LogP contribution in [0.2, 0.25) is 5.02 Å². The van der Waals surface area contributed by atoms with Crippen LogP contribution in [-0.2, 0) is 4.79 Å². The number of carbonyl (C=O) groups excluding carboxylic acids is 1. The Morgan fingerprint density at radius 1 is 1.28 bits per heavy atom. The van der Waals surface area contributed by atoms with E-state index in [2.05, 4.69) is 35.0 Å². The summed E-state index contributed by atoms with van der Waals surface area (Å²) in [7, 11) is 0. The Kier molecular flexibility index (Phi) is 4.45. The van der Waals surface area contributed by atoms with E-state index in [9.17, 15) is 4.79 Å². The van der Waals surface area contributed by atoms with Crippen molar-refractivity contribution in [2.45, 2.75) is 51.6 Å². The molecule has 3 fully saturated rings. The molecule has 3 aliphatic rings. The molecule has 3 heterocycles. The van der Waals surface area contributed by atoms with Crippen molar-refractivity contribution in [2.24, 2.45) is 5.41 Å². The quantitative estimate of drug-likeness (QED) is 0.897. The van der Waals surface area contributed by atoms with Crippen molar-refractivity contribution >= 4 is 23.2 Å². The van der Waals surface area contributed by atoms with Gasteiger partial charge in [0, 0.05) is 49.0 Å². The summed E-state index contributed by atoms with van der Waals surface area (Å²) in [5, 5.41) is 4.44. The zero-order valence-electron chi connectivity index (χ0n) is 15.2. The highest BCUT2D eigenvalue weighted by Crippen LogP contribution is 2.47. The lowest BCUT2D eigenvalue weighted by molar-refractivity contribution is -0.144. The summed E-state index contributed by atoms with van der Waals surface area (Å²) in [6.07, 6.45) is 4.38. The van der Waals surface area contributed by atoms with E-state index in [0.717, 1.165) is 50.5 Å². The molecule has 4 nitrogen and oxygen atoms in total. The van der Waals surface area contributed by atoms with Gasteiger partial charge < -0.3 is 15.1 Å². The maximum Gasteiger partial charge on any atom is 0.230 e. The van der Waals surface area contributed by atoms with Crippen LogP contribution in [0.25, 0.3) is 0 Å². The van der Waals surface area contributed by atoms with Gasteiger partial charge in [0.15, 0.2) is 0 Å².